The lowest BCUT2D eigenvalue weighted by Crippen LogP contribution is -2.53. The molecule has 2 heterocycles. The second kappa shape index (κ2) is 6.48. The van der Waals surface area contributed by atoms with Gasteiger partial charge in [-0.05, 0) is 12.8 Å². The Balaban J connectivity index is 1.90. The van der Waals surface area contributed by atoms with Crippen LogP contribution in [0.4, 0.5) is 18.3 Å². The van der Waals surface area contributed by atoms with Crippen LogP contribution in [0.3, 0.4) is 0 Å². The average molecular weight is 322 g/mol. The summed E-state index contributed by atoms with van der Waals surface area (Å²) in [5.41, 5.74) is 0. The molecule has 0 spiro atoms. The lowest BCUT2D eigenvalue weighted by Gasteiger charge is -2.38. The van der Waals surface area contributed by atoms with Gasteiger partial charge in [-0.25, -0.2) is 4.98 Å². The fraction of sp³-hybridized carbons (Fsp3) is 0.846. The minimum atomic E-state index is -4.16. The highest BCUT2D eigenvalue weighted by Gasteiger charge is 2.41. The lowest BCUT2D eigenvalue weighted by molar-refractivity contribution is -0.179. The number of hydrogen-bond acceptors (Lipinski definition) is 5. The van der Waals surface area contributed by atoms with E-state index in [0.29, 0.717) is 32.1 Å². The van der Waals surface area contributed by atoms with E-state index in [1.54, 1.807) is 0 Å². The van der Waals surface area contributed by atoms with E-state index < -0.39 is 12.2 Å². The maximum absolute atomic E-state index is 12.7. The molecule has 1 aliphatic heterocycles. The molecule has 0 N–H and O–H groups in total. The van der Waals surface area contributed by atoms with E-state index >= 15 is 0 Å². The Kier molecular flexibility index (Phi) is 5.08. The largest absolute Gasteiger partial charge is 0.403 e. The first-order valence-corrected chi connectivity index (χ1v) is 7.93. The van der Waals surface area contributed by atoms with Crippen LogP contribution < -0.4 is 4.90 Å². The van der Waals surface area contributed by atoms with Crippen LogP contribution in [-0.4, -0.2) is 52.7 Å². The summed E-state index contributed by atoms with van der Waals surface area (Å²) in [6, 6.07) is -1.38. The molecule has 1 aromatic heterocycles. The molecule has 8 heteroatoms. The van der Waals surface area contributed by atoms with Crippen molar-refractivity contribution in [2.45, 2.75) is 39.4 Å². The highest BCUT2D eigenvalue weighted by atomic mass is 32.1. The first-order chi connectivity index (χ1) is 9.77. The van der Waals surface area contributed by atoms with Crippen molar-refractivity contribution < 1.29 is 13.2 Å². The molecule has 120 valence electrons. The summed E-state index contributed by atoms with van der Waals surface area (Å²) in [5.74, 6) is 1.33. The molecule has 4 nitrogen and oxygen atoms in total. The van der Waals surface area contributed by atoms with E-state index in [-0.39, 0.29) is 0 Å². The molecule has 1 unspecified atom stereocenters. The molecule has 0 radical (unpaired) electrons. The van der Waals surface area contributed by atoms with Gasteiger partial charge in [0.1, 0.15) is 11.9 Å². The van der Waals surface area contributed by atoms with Crippen LogP contribution in [0.1, 0.15) is 26.6 Å². The second-order valence-corrected chi connectivity index (χ2v) is 6.56. The Labute approximate surface area is 127 Å². The monoisotopic (exact) mass is 322 g/mol. The first-order valence-electron chi connectivity index (χ1n) is 7.15. The van der Waals surface area contributed by atoms with Crippen LogP contribution >= 0.6 is 11.5 Å². The summed E-state index contributed by atoms with van der Waals surface area (Å²) in [5, 5.41) is 0.824. The fourth-order valence-electron chi connectivity index (χ4n) is 2.33. The van der Waals surface area contributed by atoms with Gasteiger partial charge in [-0.2, -0.15) is 17.5 Å². The summed E-state index contributed by atoms with van der Waals surface area (Å²) in [7, 11) is 0. The van der Waals surface area contributed by atoms with Crippen molar-refractivity contribution in [1.82, 2.24) is 14.3 Å². The zero-order valence-corrected chi connectivity index (χ0v) is 13.3. The number of nitrogens with zero attached hydrogens (tertiary/aromatic N) is 4. The Morgan fingerprint density at radius 3 is 2.29 bits per heavy atom. The standard InChI is InChI=1S/C13H21F3N4S/c1-9(2)8-11-17-12(21-18-11)20-6-4-19(5-7-20)10(3)13(14,15)16/h9-10H,4-8H2,1-3H3. The molecule has 0 saturated carbocycles. The van der Waals surface area contributed by atoms with E-state index in [2.05, 4.69) is 23.2 Å². The van der Waals surface area contributed by atoms with Crippen molar-refractivity contribution in [2.75, 3.05) is 31.1 Å². The zero-order valence-electron chi connectivity index (χ0n) is 12.5. The van der Waals surface area contributed by atoms with E-state index in [4.69, 9.17) is 0 Å². The van der Waals surface area contributed by atoms with Crippen molar-refractivity contribution >= 4 is 16.7 Å². The Hall–Kier alpha value is -0.890. The first kappa shape index (κ1) is 16.5. The molecule has 1 aliphatic rings. The molecule has 0 aliphatic carbocycles. The number of anilines is 1. The third-order valence-corrected chi connectivity index (χ3v) is 4.47. The molecule has 1 saturated heterocycles. The molecule has 1 atom stereocenters. The number of hydrogen-bond donors (Lipinski definition) is 0. The smallest absolute Gasteiger partial charge is 0.344 e. The topological polar surface area (TPSA) is 32.3 Å². The SMILES string of the molecule is CC(C)Cc1nsc(N2CCN(C(C)C(F)(F)F)CC2)n1. The highest BCUT2D eigenvalue weighted by molar-refractivity contribution is 7.09. The van der Waals surface area contributed by atoms with E-state index in [1.807, 2.05) is 4.90 Å². The molecule has 21 heavy (non-hydrogen) atoms. The van der Waals surface area contributed by atoms with Gasteiger partial charge >= 0.3 is 6.18 Å². The van der Waals surface area contributed by atoms with Crippen LogP contribution in [0.5, 0.6) is 0 Å². The van der Waals surface area contributed by atoms with Crippen LogP contribution in [0, 0.1) is 5.92 Å². The van der Waals surface area contributed by atoms with E-state index in [1.165, 1.54) is 23.4 Å². The van der Waals surface area contributed by atoms with Gasteiger partial charge in [-0.3, -0.25) is 4.90 Å². The normalized spacial score (nSPS) is 19.3. The van der Waals surface area contributed by atoms with Gasteiger partial charge in [-0.15, -0.1) is 0 Å². The molecule has 2 rings (SSSR count). The van der Waals surface area contributed by atoms with Gasteiger partial charge in [0.15, 0.2) is 0 Å². The summed E-state index contributed by atoms with van der Waals surface area (Å²) >= 11 is 1.34. The number of aromatic nitrogens is 2. The number of alkyl halides is 3. The fourth-order valence-corrected chi connectivity index (χ4v) is 3.08. The minimum Gasteiger partial charge on any atom is -0.344 e. The molecule has 1 fully saturated rings. The summed E-state index contributed by atoms with van der Waals surface area (Å²) in [6.07, 6.45) is -3.32. The minimum absolute atomic E-state index is 0.403. The Bertz CT molecular complexity index is 453. The number of piperazine rings is 1. The van der Waals surface area contributed by atoms with Gasteiger partial charge < -0.3 is 4.90 Å². The molecule has 0 amide bonds. The van der Waals surface area contributed by atoms with Gasteiger partial charge in [-0.1, -0.05) is 13.8 Å². The van der Waals surface area contributed by atoms with Crippen molar-refractivity contribution in [2.24, 2.45) is 5.92 Å². The van der Waals surface area contributed by atoms with Gasteiger partial charge in [0, 0.05) is 44.1 Å². The van der Waals surface area contributed by atoms with Crippen LogP contribution in [0.2, 0.25) is 0 Å². The average Bonchev–Trinajstić information content (AvgIpc) is 2.84. The van der Waals surface area contributed by atoms with Crippen molar-refractivity contribution in [1.29, 1.82) is 0 Å². The molecule has 1 aromatic rings. The lowest BCUT2D eigenvalue weighted by atomic mass is 10.1. The quantitative estimate of drug-likeness (QED) is 0.853. The Morgan fingerprint density at radius 1 is 1.14 bits per heavy atom. The Morgan fingerprint density at radius 2 is 1.76 bits per heavy atom. The maximum atomic E-state index is 12.7. The van der Waals surface area contributed by atoms with Crippen molar-refractivity contribution in [3.63, 3.8) is 0 Å². The van der Waals surface area contributed by atoms with Gasteiger partial charge in [0.05, 0.1) is 0 Å². The zero-order chi connectivity index (χ0) is 15.6. The van der Waals surface area contributed by atoms with Crippen LogP contribution in [-0.2, 0) is 6.42 Å². The second-order valence-electron chi connectivity index (χ2n) is 5.83. The highest BCUT2D eigenvalue weighted by Crippen LogP contribution is 2.27. The molecular weight excluding hydrogens is 301 g/mol. The predicted molar refractivity (Wildman–Crippen MR) is 77.8 cm³/mol. The van der Waals surface area contributed by atoms with Crippen LogP contribution in [0.25, 0.3) is 0 Å². The summed E-state index contributed by atoms with van der Waals surface area (Å²) < 4.78 is 42.4. The number of rotatable bonds is 4. The van der Waals surface area contributed by atoms with E-state index in [9.17, 15) is 13.2 Å². The molecule has 0 bridgehead atoms. The predicted octanol–water partition coefficient (Wildman–Crippen LogP) is 2.81. The van der Waals surface area contributed by atoms with Crippen molar-refractivity contribution in [3.8, 4) is 0 Å². The third kappa shape index (κ3) is 4.29. The molecular formula is C13H21F3N4S. The maximum Gasteiger partial charge on any atom is 0.403 e. The van der Waals surface area contributed by atoms with E-state index in [0.717, 1.165) is 17.4 Å². The van der Waals surface area contributed by atoms with Crippen molar-refractivity contribution in [3.05, 3.63) is 5.82 Å². The number of halogens is 3. The van der Waals surface area contributed by atoms with Gasteiger partial charge in [0.2, 0.25) is 5.13 Å². The van der Waals surface area contributed by atoms with Crippen LogP contribution in [0.15, 0.2) is 0 Å². The summed E-state index contributed by atoms with van der Waals surface area (Å²) in [4.78, 5) is 7.99. The molecule has 0 aromatic carbocycles. The third-order valence-electron chi connectivity index (χ3n) is 3.65. The summed E-state index contributed by atoms with van der Waals surface area (Å²) in [6.45, 7) is 7.38. The van der Waals surface area contributed by atoms with Gasteiger partial charge in [0.25, 0.3) is 0 Å².